The maximum absolute atomic E-state index is 13.5. The summed E-state index contributed by atoms with van der Waals surface area (Å²) in [6.07, 6.45) is 0. The molecule has 1 rings (SSSR count). The standard InChI is InChI=1S/C12H17F2N3O2/c1-12(2,6-19-3)16-11(18)7-4-8(13)10(17-15)9(14)5-7/h4-5,17H,6,15H2,1-3H3,(H,16,18). The van der Waals surface area contributed by atoms with E-state index in [-0.39, 0.29) is 12.2 Å². The molecule has 0 spiro atoms. The number of anilines is 1. The van der Waals surface area contributed by atoms with Crippen LogP contribution in [0, 0.1) is 11.6 Å². The van der Waals surface area contributed by atoms with Crippen LogP contribution < -0.4 is 16.6 Å². The zero-order valence-electron chi connectivity index (χ0n) is 11.0. The average Bonchev–Trinajstić information content (AvgIpc) is 2.27. The highest BCUT2D eigenvalue weighted by atomic mass is 19.1. The Morgan fingerprint density at radius 3 is 2.32 bits per heavy atom. The van der Waals surface area contributed by atoms with Gasteiger partial charge in [0.1, 0.15) is 5.69 Å². The number of nitrogens with one attached hydrogen (secondary N) is 2. The summed E-state index contributed by atoms with van der Waals surface area (Å²) in [7, 11) is 1.49. The largest absolute Gasteiger partial charge is 0.382 e. The minimum absolute atomic E-state index is 0.127. The molecule has 0 atom stereocenters. The van der Waals surface area contributed by atoms with E-state index in [1.807, 2.05) is 5.43 Å². The summed E-state index contributed by atoms with van der Waals surface area (Å²) in [4.78, 5) is 11.9. The number of rotatable bonds is 5. The lowest BCUT2D eigenvalue weighted by atomic mass is 10.1. The molecule has 0 aliphatic rings. The van der Waals surface area contributed by atoms with Gasteiger partial charge in [-0.05, 0) is 26.0 Å². The molecule has 0 unspecified atom stereocenters. The van der Waals surface area contributed by atoms with Crippen LogP contribution in [-0.2, 0) is 4.74 Å². The van der Waals surface area contributed by atoms with Crippen LogP contribution in [0.3, 0.4) is 0 Å². The molecule has 0 saturated heterocycles. The van der Waals surface area contributed by atoms with E-state index >= 15 is 0 Å². The summed E-state index contributed by atoms with van der Waals surface area (Å²) in [5, 5.41) is 2.62. The Bertz CT molecular complexity index is 455. The van der Waals surface area contributed by atoms with Crippen molar-refractivity contribution in [2.75, 3.05) is 19.1 Å². The molecule has 1 aromatic rings. The Kier molecular flexibility index (Phi) is 4.79. The normalized spacial score (nSPS) is 11.3. The van der Waals surface area contributed by atoms with Gasteiger partial charge in [-0.2, -0.15) is 0 Å². The molecule has 19 heavy (non-hydrogen) atoms. The van der Waals surface area contributed by atoms with Gasteiger partial charge in [0.2, 0.25) is 0 Å². The van der Waals surface area contributed by atoms with Crippen LogP contribution >= 0.6 is 0 Å². The number of hydrazine groups is 1. The summed E-state index contributed by atoms with van der Waals surface area (Å²) >= 11 is 0. The number of ether oxygens (including phenoxy) is 1. The summed E-state index contributed by atoms with van der Waals surface area (Å²) in [6.45, 7) is 3.74. The van der Waals surface area contributed by atoms with Gasteiger partial charge in [-0.15, -0.1) is 0 Å². The third-order valence-electron chi connectivity index (χ3n) is 2.41. The molecular formula is C12H17F2N3O2. The quantitative estimate of drug-likeness (QED) is 0.560. The number of methoxy groups -OCH3 is 1. The molecular weight excluding hydrogens is 256 g/mol. The van der Waals surface area contributed by atoms with Crippen molar-refractivity contribution in [1.82, 2.24) is 5.32 Å². The summed E-state index contributed by atoms with van der Waals surface area (Å²) < 4.78 is 31.9. The van der Waals surface area contributed by atoms with E-state index in [1.54, 1.807) is 13.8 Å². The monoisotopic (exact) mass is 273 g/mol. The van der Waals surface area contributed by atoms with E-state index < -0.39 is 28.8 Å². The van der Waals surface area contributed by atoms with Gasteiger partial charge in [0.15, 0.2) is 11.6 Å². The molecule has 0 fully saturated rings. The lowest BCUT2D eigenvalue weighted by Crippen LogP contribution is -2.46. The molecule has 0 bridgehead atoms. The Hall–Kier alpha value is -1.73. The lowest BCUT2D eigenvalue weighted by Gasteiger charge is -2.25. The average molecular weight is 273 g/mol. The molecule has 0 radical (unpaired) electrons. The number of nitrogen functional groups attached to an aromatic ring is 1. The number of halogens is 2. The predicted octanol–water partition coefficient (Wildman–Crippen LogP) is 1.41. The second-order valence-corrected chi connectivity index (χ2v) is 4.73. The number of benzene rings is 1. The zero-order valence-corrected chi connectivity index (χ0v) is 11.0. The van der Waals surface area contributed by atoms with E-state index in [4.69, 9.17) is 10.6 Å². The molecule has 0 heterocycles. The zero-order chi connectivity index (χ0) is 14.6. The second kappa shape index (κ2) is 5.94. The first-order chi connectivity index (χ1) is 8.80. The Morgan fingerprint density at radius 2 is 1.89 bits per heavy atom. The van der Waals surface area contributed by atoms with Crippen molar-refractivity contribution in [3.05, 3.63) is 29.3 Å². The SMILES string of the molecule is COCC(C)(C)NC(=O)c1cc(F)c(NN)c(F)c1. The highest BCUT2D eigenvalue weighted by Gasteiger charge is 2.22. The van der Waals surface area contributed by atoms with Crippen molar-refractivity contribution in [1.29, 1.82) is 0 Å². The van der Waals surface area contributed by atoms with Crippen molar-refractivity contribution >= 4 is 11.6 Å². The van der Waals surface area contributed by atoms with Crippen LogP contribution in [-0.4, -0.2) is 25.2 Å². The number of carbonyl (C=O) groups excluding carboxylic acids is 1. The second-order valence-electron chi connectivity index (χ2n) is 4.73. The van der Waals surface area contributed by atoms with Crippen LogP contribution in [0.25, 0.3) is 0 Å². The van der Waals surface area contributed by atoms with Gasteiger partial charge in [-0.1, -0.05) is 0 Å². The van der Waals surface area contributed by atoms with Crippen LogP contribution in [0.2, 0.25) is 0 Å². The van der Waals surface area contributed by atoms with Gasteiger partial charge in [-0.3, -0.25) is 10.6 Å². The number of hydrogen-bond acceptors (Lipinski definition) is 4. The Balaban J connectivity index is 2.95. The van der Waals surface area contributed by atoms with Crippen LogP contribution in [0.5, 0.6) is 0 Å². The van der Waals surface area contributed by atoms with Crippen LogP contribution in [0.15, 0.2) is 12.1 Å². The Morgan fingerprint density at radius 1 is 1.37 bits per heavy atom. The Labute approximate surface area is 110 Å². The molecule has 106 valence electrons. The predicted molar refractivity (Wildman–Crippen MR) is 67.6 cm³/mol. The topological polar surface area (TPSA) is 76.4 Å². The minimum Gasteiger partial charge on any atom is -0.382 e. The summed E-state index contributed by atoms with van der Waals surface area (Å²) in [6, 6.07) is 1.83. The fourth-order valence-electron chi connectivity index (χ4n) is 1.62. The third kappa shape index (κ3) is 3.87. The van der Waals surface area contributed by atoms with E-state index in [0.717, 1.165) is 12.1 Å². The number of amides is 1. The van der Waals surface area contributed by atoms with Crippen molar-refractivity contribution in [2.45, 2.75) is 19.4 Å². The van der Waals surface area contributed by atoms with E-state index in [1.165, 1.54) is 7.11 Å². The van der Waals surface area contributed by atoms with E-state index in [0.29, 0.717) is 0 Å². The summed E-state index contributed by atoms with van der Waals surface area (Å²) in [5.74, 6) is 2.51. The molecule has 7 heteroatoms. The van der Waals surface area contributed by atoms with Crippen LogP contribution in [0.1, 0.15) is 24.2 Å². The molecule has 1 amide bonds. The fourth-order valence-corrected chi connectivity index (χ4v) is 1.62. The first kappa shape index (κ1) is 15.3. The van der Waals surface area contributed by atoms with Gasteiger partial charge in [0, 0.05) is 12.7 Å². The van der Waals surface area contributed by atoms with Gasteiger partial charge in [0.05, 0.1) is 12.1 Å². The van der Waals surface area contributed by atoms with Gasteiger partial charge in [0.25, 0.3) is 5.91 Å². The first-order valence-corrected chi connectivity index (χ1v) is 5.58. The van der Waals surface area contributed by atoms with Crippen LogP contribution in [0.4, 0.5) is 14.5 Å². The molecule has 0 aromatic heterocycles. The van der Waals surface area contributed by atoms with E-state index in [9.17, 15) is 13.6 Å². The molecule has 0 aliphatic carbocycles. The van der Waals surface area contributed by atoms with Gasteiger partial charge in [-0.25, -0.2) is 8.78 Å². The molecule has 0 aliphatic heterocycles. The third-order valence-corrected chi connectivity index (χ3v) is 2.41. The van der Waals surface area contributed by atoms with Gasteiger partial charge < -0.3 is 15.5 Å². The molecule has 5 nitrogen and oxygen atoms in total. The smallest absolute Gasteiger partial charge is 0.251 e. The maximum atomic E-state index is 13.5. The van der Waals surface area contributed by atoms with Gasteiger partial charge >= 0.3 is 0 Å². The lowest BCUT2D eigenvalue weighted by molar-refractivity contribution is 0.0819. The molecule has 1 aromatic carbocycles. The highest BCUT2D eigenvalue weighted by molar-refractivity contribution is 5.95. The minimum atomic E-state index is -0.933. The summed E-state index contributed by atoms with van der Waals surface area (Å²) in [5.41, 5.74) is 0.642. The van der Waals surface area contributed by atoms with E-state index in [2.05, 4.69) is 5.32 Å². The van der Waals surface area contributed by atoms with Crippen molar-refractivity contribution in [2.24, 2.45) is 5.84 Å². The van der Waals surface area contributed by atoms with Crippen molar-refractivity contribution in [3.8, 4) is 0 Å². The number of carbonyl (C=O) groups is 1. The number of nitrogens with two attached hydrogens (primary N) is 1. The maximum Gasteiger partial charge on any atom is 0.251 e. The fraction of sp³-hybridized carbons (Fsp3) is 0.417. The number of hydrogen-bond donors (Lipinski definition) is 3. The first-order valence-electron chi connectivity index (χ1n) is 5.58. The highest BCUT2D eigenvalue weighted by Crippen LogP contribution is 2.20. The van der Waals surface area contributed by atoms with Crippen molar-refractivity contribution in [3.63, 3.8) is 0 Å². The molecule has 4 N–H and O–H groups in total. The van der Waals surface area contributed by atoms with Crippen molar-refractivity contribution < 1.29 is 18.3 Å². The molecule has 0 saturated carbocycles.